The van der Waals surface area contributed by atoms with E-state index in [1.54, 1.807) is 7.05 Å². The van der Waals surface area contributed by atoms with E-state index in [1.807, 2.05) is 0 Å². The lowest BCUT2D eigenvalue weighted by molar-refractivity contribution is 0.207. The van der Waals surface area contributed by atoms with Gasteiger partial charge < -0.3 is 16.4 Å². The van der Waals surface area contributed by atoms with Crippen molar-refractivity contribution in [3.8, 4) is 0 Å². The predicted octanol–water partition coefficient (Wildman–Crippen LogP) is 0.577. The first kappa shape index (κ1) is 10.3. The molecule has 0 heterocycles. The average Bonchev–Trinajstić information content (AvgIpc) is 2.19. The molecule has 2 amide bonds. The van der Waals surface area contributed by atoms with Gasteiger partial charge in [-0.05, 0) is 12.8 Å². The molecule has 0 atom stereocenters. The first-order chi connectivity index (χ1) is 6.22. The quantitative estimate of drug-likeness (QED) is 0.589. The van der Waals surface area contributed by atoms with Gasteiger partial charge in [-0.15, -0.1) is 0 Å². The fourth-order valence-corrected chi connectivity index (χ4v) is 1.91. The van der Waals surface area contributed by atoms with Gasteiger partial charge in [-0.1, -0.05) is 19.3 Å². The molecule has 13 heavy (non-hydrogen) atoms. The minimum atomic E-state index is -0.141. The van der Waals surface area contributed by atoms with E-state index in [1.165, 1.54) is 19.3 Å². The van der Waals surface area contributed by atoms with E-state index in [9.17, 15) is 4.79 Å². The Morgan fingerprint density at radius 2 is 2.00 bits per heavy atom. The third-order valence-corrected chi connectivity index (χ3v) is 2.81. The van der Waals surface area contributed by atoms with E-state index < -0.39 is 0 Å². The Labute approximate surface area is 79.3 Å². The topological polar surface area (TPSA) is 67.2 Å². The highest BCUT2D eigenvalue weighted by molar-refractivity contribution is 5.74. The number of carbonyl (C=O) groups is 1. The van der Waals surface area contributed by atoms with E-state index in [4.69, 9.17) is 5.73 Å². The zero-order valence-electron chi connectivity index (χ0n) is 8.23. The van der Waals surface area contributed by atoms with Gasteiger partial charge in [0.05, 0.1) is 5.54 Å². The van der Waals surface area contributed by atoms with Gasteiger partial charge in [0.2, 0.25) is 0 Å². The van der Waals surface area contributed by atoms with Crippen molar-refractivity contribution in [1.29, 1.82) is 0 Å². The van der Waals surface area contributed by atoms with Crippen LogP contribution in [0.1, 0.15) is 32.1 Å². The van der Waals surface area contributed by atoms with Gasteiger partial charge in [-0.2, -0.15) is 0 Å². The van der Waals surface area contributed by atoms with Gasteiger partial charge in [0.1, 0.15) is 0 Å². The van der Waals surface area contributed by atoms with Crippen LogP contribution in [0.2, 0.25) is 0 Å². The molecule has 0 saturated heterocycles. The van der Waals surface area contributed by atoms with Crippen molar-refractivity contribution in [1.82, 2.24) is 10.6 Å². The van der Waals surface area contributed by atoms with Gasteiger partial charge in [-0.3, -0.25) is 0 Å². The molecule has 1 aliphatic rings. The monoisotopic (exact) mass is 185 g/mol. The fraction of sp³-hybridized carbons (Fsp3) is 0.889. The highest BCUT2D eigenvalue weighted by atomic mass is 16.2. The van der Waals surface area contributed by atoms with E-state index in [0.717, 1.165) is 12.8 Å². The Morgan fingerprint density at radius 3 is 2.46 bits per heavy atom. The van der Waals surface area contributed by atoms with Crippen LogP contribution in [-0.4, -0.2) is 25.2 Å². The Morgan fingerprint density at radius 1 is 1.38 bits per heavy atom. The largest absolute Gasteiger partial charge is 0.341 e. The molecule has 76 valence electrons. The van der Waals surface area contributed by atoms with Crippen molar-refractivity contribution in [2.75, 3.05) is 13.6 Å². The summed E-state index contributed by atoms with van der Waals surface area (Å²) in [5, 5.41) is 5.52. The molecule has 0 aliphatic heterocycles. The summed E-state index contributed by atoms with van der Waals surface area (Å²) in [6.45, 7) is 0.542. The Balaban J connectivity index is 2.52. The van der Waals surface area contributed by atoms with Crippen molar-refractivity contribution in [3.63, 3.8) is 0 Å². The third kappa shape index (κ3) is 2.59. The number of carbonyl (C=O) groups excluding carboxylic acids is 1. The van der Waals surface area contributed by atoms with E-state index in [2.05, 4.69) is 10.6 Å². The summed E-state index contributed by atoms with van der Waals surface area (Å²) < 4.78 is 0. The van der Waals surface area contributed by atoms with Gasteiger partial charge in [0.25, 0.3) is 0 Å². The van der Waals surface area contributed by atoms with Crippen molar-refractivity contribution in [3.05, 3.63) is 0 Å². The lowest BCUT2D eigenvalue weighted by Crippen LogP contribution is -2.56. The molecule has 4 heteroatoms. The van der Waals surface area contributed by atoms with Crippen LogP contribution >= 0.6 is 0 Å². The van der Waals surface area contributed by atoms with Crippen molar-refractivity contribution in [2.45, 2.75) is 37.6 Å². The van der Waals surface area contributed by atoms with Crippen LogP contribution in [0.15, 0.2) is 0 Å². The first-order valence-electron chi connectivity index (χ1n) is 4.92. The summed E-state index contributed by atoms with van der Waals surface area (Å²) in [5.74, 6) is 0. The van der Waals surface area contributed by atoms with E-state index in [-0.39, 0.29) is 11.6 Å². The molecule has 0 bridgehead atoms. The number of amides is 2. The number of rotatable bonds is 2. The standard InChI is InChI=1S/C9H19N3O/c1-11-8(13)12-9(7-10)5-3-2-4-6-9/h2-7,10H2,1H3,(H2,11,12,13). The second-order valence-electron chi connectivity index (χ2n) is 3.75. The maximum atomic E-state index is 11.2. The van der Waals surface area contributed by atoms with Gasteiger partial charge in [0, 0.05) is 13.6 Å². The highest BCUT2D eigenvalue weighted by Crippen LogP contribution is 2.26. The predicted molar refractivity (Wildman–Crippen MR) is 52.5 cm³/mol. The molecule has 1 fully saturated rings. The Kier molecular flexibility index (Phi) is 3.54. The second kappa shape index (κ2) is 4.46. The SMILES string of the molecule is CNC(=O)NC1(CN)CCCCC1. The van der Waals surface area contributed by atoms with Crippen LogP contribution in [0.3, 0.4) is 0 Å². The minimum absolute atomic E-state index is 0.118. The van der Waals surface area contributed by atoms with Crippen LogP contribution in [-0.2, 0) is 0 Å². The maximum Gasteiger partial charge on any atom is 0.315 e. The second-order valence-corrected chi connectivity index (χ2v) is 3.75. The summed E-state index contributed by atoms with van der Waals surface area (Å²) in [4.78, 5) is 11.2. The molecular weight excluding hydrogens is 166 g/mol. The lowest BCUT2D eigenvalue weighted by Gasteiger charge is -2.36. The maximum absolute atomic E-state index is 11.2. The molecule has 1 rings (SSSR count). The third-order valence-electron chi connectivity index (χ3n) is 2.81. The molecule has 0 spiro atoms. The lowest BCUT2D eigenvalue weighted by atomic mass is 9.82. The molecule has 0 aromatic carbocycles. The van der Waals surface area contributed by atoms with Crippen LogP contribution in [0.4, 0.5) is 4.79 Å². The molecule has 1 aliphatic carbocycles. The molecule has 1 saturated carbocycles. The number of urea groups is 1. The molecule has 4 N–H and O–H groups in total. The van der Waals surface area contributed by atoms with Crippen LogP contribution in [0.25, 0.3) is 0 Å². The molecule has 0 unspecified atom stereocenters. The normalized spacial score (nSPS) is 20.8. The summed E-state index contributed by atoms with van der Waals surface area (Å²) in [6.07, 6.45) is 5.62. The summed E-state index contributed by atoms with van der Waals surface area (Å²) in [5.41, 5.74) is 5.56. The highest BCUT2D eigenvalue weighted by Gasteiger charge is 2.31. The summed E-state index contributed by atoms with van der Waals surface area (Å²) in [7, 11) is 1.63. The van der Waals surface area contributed by atoms with Gasteiger partial charge >= 0.3 is 6.03 Å². The van der Waals surface area contributed by atoms with Crippen molar-refractivity contribution >= 4 is 6.03 Å². The summed E-state index contributed by atoms with van der Waals surface area (Å²) >= 11 is 0. The van der Waals surface area contributed by atoms with Gasteiger partial charge in [0.15, 0.2) is 0 Å². The number of nitrogens with two attached hydrogens (primary N) is 1. The Bertz CT molecular complexity index is 176. The molecule has 0 aromatic rings. The fourth-order valence-electron chi connectivity index (χ4n) is 1.91. The molecule has 0 radical (unpaired) electrons. The van der Waals surface area contributed by atoms with E-state index >= 15 is 0 Å². The smallest absolute Gasteiger partial charge is 0.315 e. The zero-order valence-corrected chi connectivity index (χ0v) is 8.23. The number of nitrogens with one attached hydrogen (secondary N) is 2. The number of hydrogen-bond acceptors (Lipinski definition) is 2. The summed E-state index contributed by atoms with van der Waals surface area (Å²) in [6, 6.07) is -0.118. The Hall–Kier alpha value is -0.770. The van der Waals surface area contributed by atoms with Gasteiger partial charge in [-0.25, -0.2) is 4.79 Å². The first-order valence-corrected chi connectivity index (χ1v) is 4.92. The number of hydrogen-bond donors (Lipinski definition) is 3. The van der Waals surface area contributed by atoms with Crippen LogP contribution < -0.4 is 16.4 Å². The van der Waals surface area contributed by atoms with Crippen LogP contribution in [0.5, 0.6) is 0 Å². The van der Waals surface area contributed by atoms with Crippen LogP contribution in [0, 0.1) is 0 Å². The zero-order chi connectivity index (χ0) is 9.73. The van der Waals surface area contributed by atoms with E-state index in [0.29, 0.717) is 6.54 Å². The van der Waals surface area contributed by atoms with Crippen molar-refractivity contribution < 1.29 is 4.79 Å². The molecule has 0 aromatic heterocycles. The minimum Gasteiger partial charge on any atom is -0.341 e. The molecular formula is C9H19N3O. The average molecular weight is 185 g/mol. The van der Waals surface area contributed by atoms with Crippen molar-refractivity contribution in [2.24, 2.45) is 5.73 Å². The molecule has 4 nitrogen and oxygen atoms in total.